The van der Waals surface area contributed by atoms with Crippen molar-refractivity contribution in [2.75, 3.05) is 26.7 Å². The first-order chi connectivity index (χ1) is 15.7. The van der Waals surface area contributed by atoms with E-state index in [2.05, 4.69) is 26.1 Å². The highest BCUT2D eigenvalue weighted by Crippen LogP contribution is 2.45. The summed E-state index contributed by atoms with van der Waals surface area (Å²) in [6.45, 7) is 3.21. The number of amides is 1. The van der Waals surface area contributed by atoms with Gasteiger partial charge in [-0.05, 0) is 80.8 Å². The quantitative estimate of drug-likeness (QED) is 0.741. The number of hydrogen-bond donors (Lipinski definition) is 1. The van der Waals surface area contributed by atoms with Gasteiger partial charge in [-0.3, -0.25) is 14.8 Å². The van der Waals surface area contributed by atoms with Gasteiger partial charge in [0.1, 0.15) is 11.4 Å². The predicted molar refractivity (Wildman–Crippen MR) is 124 cm³/mol. The maximum Gasteiger partial charge on any atom is 0.272 e. The van der Waals surface area contributed by atoms with Crippen LogP contribution in [0, 0.1) is 11.8 Å². The highest BCUT2D eigenvalue weighted by molar-refractivity contribution is 5.94. The Morgan fingerprint density at radius 2 is 2.03 bits per heavy atom. The fourth-order valence-corrected chi connectivity index (χ4v) is 6.70. The Morgan fingerprint density at radius 3 is 2.88 bits per heavy atom. The number of benzene rings is 1. The molecule has 168 valence electrons. The van der Waals surface area contributed by atoms with Crippen LogP contribution in [-0.2, 0) is 0 Å². The van der Waals surface area contributed by atoms with E-state index >= 15 is 0 Å². The molecule has 1 amide bonds. The van der Waals surface area contributed by atoms with Crippen molar-refractivity contribution >= 4 is 5.91 Å². The van der Waals surface area contributed by atoms with E-state index in [-0.39, 0.29) is 11.9 Å². The third kappa shape index (κ3) is 3.36. The zero-order valence-electron chi connectivity index (χ0n) is 18.8. The van der Waals surface area contributed by atoms with Gasteiger partial charge in [0, 0.05) is 24.7 Å². The summed E-state index contributed by atoms with van der Waals surface area (Å²) in [5.41, 5.74) is 3.88. The average molecular weight is 433 g/mol. The van der Waals surface area contributed by atoms with E-state index in [1.807, 2.05) is 30.3 Å². The molecule has 4 aliphatic rings. The standard InChI is InChI=1S/C26H32N4O2/c1-32-21-9-7-17(8-10-21)22-15-23(28-27-22)26(31)30-12-4-5-18-13-19-14-20(25(18)30)16-29-11-3-2-6-24(19)29/h7-10,13,15,19-20,24-25H,2-6,11-12,14,16H2,1H3,(H,27,28)/t19-,20-,24?,25?/m0/s1. The highest BCUT2D eigenvalue weighted by Gasteiger charge is 2.47. The molecule has 6 heteroatoms. The van der Waals surface area contributed by atoms with E-state index in [0.29, 0.717) is 17.5 Å². The molecule has 6 nitrogen and oxygen atoms in total. The maximum absolute atomic E-state index is 13.6. The van der Waals surface area contributed by atoms with Crippen LogP contribution >= 0.6 is 0 Å². The number of hydrogen-bond acceptors (Lipinski definition) is 4. The van der Waals surface area contributed by atoms with Gasteiger partial charge in [-0.2, -0.15) is 5.10 Å². The van der Waals surface area contributed by atoms with Gasteiger partial charge in [0.15, 0.2) is 0 Å². The molecule has 1 aromatic carbocycles. The molecule has 0 saturated carbocycles. The van der Waals surface area contributed by atoms with Gasteiger partial charge in [-0.25, -0.2) is 0 Å². The Hall–Kier alpha value is -2.60. The van der Waals surface area contributed by atoms with E-state index in [1.54, 1.807) is 7.11 Å². The number of piperidine rings is 3. The molecule has 1 aliphatic carbocycles. The Labute approximate surface area is 189 Å². The summed E-state index contributed by atoms with van der Waals surface area (Å²) in [6.07, 6.45) is 10.0. The number of nitrogens with zero attached hydrogens (tertiary/aromatic N) is 3. The number of carbonyl (C=O) groups is 1. The molecule has 0 spiro atoms. The number of rotatable bonds is 3. The number of likely N-dealkylation sites (tertiary alicyclic amines) is 1. The van der Waals surface area contributed by atoms with E-state index < -0.39 is 0 Å². The van der Waals surface area contributed by atoms with Gasteiger partial charge in [0.2, 0.25) is 0 Å². The maximum atomic E-state index is 13.6. The first-order valence-corrected chi connectivity index (χ1v) is 12.2. The minimum absolute atomic E-state index is 0.0899. The molecular weight excluding hydrogens is 400 g/mol. The minimum Gasteiger partial charge on any atom is -0.497 e. The number of fused-ring (bicyclic) bond motifs is 6. The normalized spacial score (nSPS) is 29.7. The van der Waals surface area contributed by atoms with Crippen LogP contribution < -0.4 is 4.74 Å². The summed E-state index contributed by atoms with van der Waals surface area (Å²) in [7, 11) is 1.66. The summed E-state index contributed by atoms with van der Waals surface area (Å²) < 4.78 is 5.25. The molecular formula is C26H32N4O2. The molecule has 0 radical (unpaired) electrons. The zero-order chi connectivity index (χ0) is 21.7. The largest absolute Gasteiger partial charge is 0.497 e. The summed E-state index contributed by atoms with van der Waals surface area (Å²) in [6, 6.07) is 10.7. The molecule has 3 aliphatic heterocycles. The third-order valence-corrected chi connectivity index (χ3v) is 8.11. The second kappa shape index (κ2) is 8.07. The number of methoxy groups -OCH3 is 1. The molecule has 2 unspecified atom stereocenters. The van der Waals surface area contributed by atoms with Crippen molar-refractivity contribution in [2.24, 2.45) is 11.8 Å². The molecule has 1 aromatic heterocycles. The molecule has 3 saturated heterocycles. The van der Waals surface area contributed by atoms with Crippen LogP contribution in [0.1, 0.15) is 49.0 Å². The van der Waals surface area contributed by atoms with Crippen molar-refractivity contribution in [3.8, 4) is 17.0 Å². The molecule has 6 rings (SSSR count). The molecule has 1 N–H and O–H groups in total. The van der Waals surface area contributed by atoms with Crippen LogP contribution in [0.5, 0.6) is 5.75 Å². The number of carbonyl (C=O) groups excluding carboxylic acids is 1. The van der Waals surface area contributed by atoms with Crippen molar-refractivity contribution in [1.82, 2.24) is 20.0 Å². The zero-order valence-corrected chi connectivity index (χ0v) is 18.8. The number of ether oxygens (including phenoxy) is 1. The number of aromatic nitrogens is 2. The van der Waals surface area contributed by atoms with Gasteiger partial charge >= 0.3 is 0 Å². The fourth-order valence-electron chi connectivity index (χ4n) is 6.70. The lowest BCUT2D eigenvalue weighted by molar-refractivity contribution is 0.00131. The van der Waals surface area contributed by atoms with Crippen LogP contribution in [0.3, 0.4) is 0 Å². The van der Waals surface area contributed by atoms with Crippen molar-refractivity contribution in [3.05, 3.63) is 47.7 Å². The molecule has 3 fully saturated rings. The topological polar surface area (TPSA) is 61.5 Å². The van der Waals surface area contributed by atoms with Crippen LogP contribution in [0.25, 0.3) is 11.3 Å². The number of H-pyrrole nitrogens is 1. The lowest BCUT2D eigenvalue weighted by Crippen LogP contribution is -2.60. The highest BCUT2D eigenvalue weighted by atomic mass is 16.5. The van der Waals surface area contributed by atoms with Crippen molar-refractivity contribution in [2.45, 2.75) is 50.6 Å². The van der Waals surface area contributed by atoms with Gasteiger partial charge < -0.3 is 9.64 Å². The third-order valence-electron chi connectivity index (χ3n) is 8.11. The van der Waals surface area contributed by atoms with E-state index in [0.717, 1.165) is 49.0 Å². The Morgan fingerprint density at radius 1 is 1.16 bits per heavy atom. The van der Waals surface area contributed by atoms with Gasteiger partial charge in [-0.1, -0.05) is 18.1 Å². The van der Waals surface area contributed by atoms with Crippen LogP contribution in [0.2, 0.25) is 0 Å². The monoisotopic (exact) mass is 432 g/mol. The summed E-state index contributed by atoms with van der Waals surface area (Å²) in [5, 5.41) is 7.47. The molecule has 2 bridgehead atoms. The van der Waals surface area contributed by atoms with Gasteiger partial charge in [-0.15, -0.1) is 0 Å². The van der Waals surface area contributed by atoms with Gasteiger partial charge in [0.25, 0.3) is 5.91 Å². The minimum atomic E-state index is 0.0899. The first-order valence-electron chi connectivity index (χ1n) is 12.2. The van der Waals surface area contributed by atoms with E-state index in [9.17, 15) is 4.79 Å². The molecule has 2 aromatic rings. The Balaban J connectivity index is 1.25. The van der Waals surface area contributed by atoms with Crippen LogP contribution in [-0.4, -0.2) is 64.7 Å². The van der Waals surface area contributed by atoms with Crippen molar-refractivity contribution < 1.29 is 9.53 Å². The number of aromatic amines is 1. The Bertz CT molecular complexity index is 1030. The van der Waals surface area contributed by atoms with Crippen LogP contribution in [0.15, 0.2) is 42.0 Å². The van der Waals surface area contributed by atoms with E-state index in [1.165, 1.54) is 37.8 Å². The molecule has 32 heavy (non-hydrogen) atoms. The Kier molecular flexibility index (Phi) is 5.05. The lowest BCUT2D eigenvalue weighted by Gasteiger charge is -2.54. The van der Waals surface area contributed by atoms with Gasteiger partial charge in [0.05, 0.1) is 18.8 Å². The second-order valence-corrected chi connectivity index (χ2v) is 9.90. The van der Waals surface area contributed by atoms with Crippen molar-refractivity contribution in [1.29, 1.82) is 0 Å². The fraction of sp³-hybridized carbons (Fsp3) is 0.538. The molecule has 4 heterocycles. The average Bonchev–Trinajstić information content (AvgIpc) is 3.34. The summed E-state index contributed by atoms with van der Waals surface area (Å²) >= 11 is 0. The van der Waals surface area contributed by atoms with E-state index in [4.69, 9.17) is 4.74 Å². The summed E-state index contributed by atoms with van der Waals surface area (Å²) in [5.74, 6) is 2.14. The smallest absolute Gasteiger partial charge is 0.272 e. The summed E-state index contributed by atoms with van der Waals surface area (Å²) in [4.78, 5) is 18.5. The number of nitrogens with one attached hydrogen (secondary N) is 1. The second-order valence-electron chi connectivity index (χ2n) is 9.90. The first kappa shape index (κ1) is 20.0. The van der Waals surface area contributed by atoms with Crippen LogP contribution in [0.4, 0.5) is 0 Å². The SMILES string of the molecule is COc1ccc(-c2cc(C(=O)N3CCCC4=C[C@H]5C[C@@H](CN6CCCCC56)C43)[nH]n2)cc1. The lowest BCUT2D eigenvalue weighted by atomic mass is 9.68. The predicted octanol–water partition coefficient (Wildman–Crippen LogP) is 4.12. The molecule has 4 atom stereocenters. The van der Waals surface area contributed by atoms with Crippen molar-refractivity contribution in [3.63, 3.8) is 0 Å².